The first-order valence-corrected chi connectivity index (χ1v) is 8.20. The average molecular weight is 310 g/mol. The summed E-state index contributed by atoms with van der Waals surface area (Å²) in [5, 5.41) is 9.38. The Morgan fingerprint density at radius 2 is 2.20 bits per heavy atom. The maximum atomic E-state index is 12.2. The van der Waals surface area contributed by atoms with Gasteiger partial charge in [-0.1, -0.05) is 11.8 Å². The molecule has 0 amide bonds. The molecule has 20 heavy (non-hydrogen) atoms. The second kappa shape index (κ2) is 5.21. The van der Waals surface area contributed by atoms with Crippen LogP contribution in [0.2, 0.25) is 0 Å². The van der Waals surface area contributed by atoms with E-state index in [0.717, 1.165) is 47.8 Å². The van der Waals surface area contributed by atoms with Crippen LogP contribution in [0, 0.1) is 0 Å². The number of nitrogens with zero attached hydrogens (tertiary/aromatic N) is 1. The van der Waals surface area contributed by atoms with Crippen molar-refractivity contribution in [2.45, 2.75) is 43.0 Å². The molecule has 1 aliphatic carbocycles. The molecule has 2 heterocycles. The Morgan fingerprint density at radius 1 is 1.45 bits per heavy atom. The number of aryl methyl sites for hydroxylation is 2. The number of hydrogen-bond acceptors (Lipinski definition) is 5. The second-order valence-electron chi connectivity index (χ2n) is 4.86. The first-order valence-electron chi connectivity index (χ1n) is 6.50. The summed E-state index contributed by atoms with van der Waals surface area (Å²) < 4.78 is 0. The van der Waals surface area contributed by atoms with Crippen LogP contribution in [0.4, 0.5) is 0 Å². The molecule has 0 aliphatic heterocycles. The van der Waals surface area contributed by atoms with E-state index in [1.54, 1.807) is 18.3 Å². The number of aromatic amines is 1. The topological polar surface area (TPSA) is 83.0 Å². The molecule has 0 aromatic carbocycles. The van der Waals surface area contributed by atoms with Crippen LogP contribution in [0.15, 0.2) is 9.95 Å². The number of nitrogens with one attached hydrogen (secondary N) is 1. The predicted molar refractivity (Wildman–Crippen MR) is 79.8 cm³/mol. The number of hydrogen-bond donors (Lipinski definition) is 2. The van der Waals surface area contributed by atoms with Crippen molar-refractivity contribution in [2.24, 2.45) is 0 Å². The molecule has 1 aliphatic rings. The fraction of sp³-hybridized carbons (Fsp3) is 0.462. The SMILES string of the molecule is C[C@H](Sc1nc2sc3c(c2c(=O)[nH]1)CCCC3)C(=O)O. The number of rotatable bonds is 3. The molecule has 0 fully saturated rings. The third-order valence-electron chi connectivity index (χ3n) is 3.44. The van der Waals surface area contributed by atoms with E-state index in [1.807, 2.05) is 0 Å². The summed E-state index contributed by atoms with van der Waals surface area (Å²) in [6, 6.07) is 0. The van der Waals surface area contributed by atoms with E-state index in [9.17, 15) is 9.59 Å². The smallest absolute Gasteiger partial charge is 0.316 e. The van der Waals surface area contributed by atoms with Crippen LogP contribution in [0.1, 0.15) is 30.2 Å². The maximum Gasteiger partial charge on any atom is 0.316 e. The lowest BCUT2D eigenvalue weighted by Crippen LogP contribution is -2.15. The molecule has 2 N–H and O–H groups in total. The number of aliphatic carboxylic acids is 1. The number of H-pyrrole nitrogens is 1. The number of carboxylic acid groups (broad SMARTS) is 1. The van der Waals surface area contributed by atoms with Gasteiger partial charge in [-0.25, -0.2) is 4.98 Å². The van der Waals surface area contributed by atoms with E-state index in [0.29, 0.717) is 10.5 Å². The second-order valence-corrected chi connectivity index (χ2v) is 7.27. The number of thioether (sulfide) groups is 1. The van der Waals surface area contributed by atoms with Gasteiger partial charge in [-0.05, 0) is 38.2 Å². The Labute approximate surface area is 123 Å². The zero-order valence-corrected chi connectivity index (χ0v) is 12.6. The van der Waals surface area contributed by atoms with Crippen molar-refractivity contribution in [3.63, 3.8) is 0 Å². The molecule has 0 radical (unpaired) electrons. The van der Waals surface area contributed by atoms with Gasteiger partial charge in [0.25, 0.3) is 5.56 Å². The van der Waals surface area contributed by atoms with Gasteiger partial charge in [0.05, 0.1) is 5.39 Å². The Bertz CT molecular complexity index is 735. The molecule has 0 bridgehead atoms. The van der Waals surface area contributed by atoms with Crippen molar-refractivity contribution < 1.29 is 9.90 Å². The Hall–Kier alpha value is -1.34. The Balaban J connectivity index is 2.06. The maximum absolute atomic E-state index is 12.2. The van der Waals surface area contributed by atoms with Crippen molar-refractivity contribution in [3.05, 3.63) is 20.8 Å². The summed E-state index contributed by atoms with van der Waals surface area (Å²) in [5.41, 5.74) is 1.00. The molecule has 2 aromatic rings. The summed E-state index contributed by atoms with van der Waals surface area (Å²) in [6.07, 6.45) is 4.24. The van der Waals surface area contributed by atoms with E-state index in [-0.39, 0.29) is 5.56 Å². The minimum absolute atomic E-state index is 0.144. The van der Waals surface area contributed by atoms with Gasteiger partial charge in [-0.15, -0.1) is 11.3 Å². The number of carboxylic acids is 1. The molecule has 2 aromatic heterocycles. The lowest BCUT2D eigenvalue weighted by Gasteiger charge is -2.09. The fourth-order valence-electron chi connectivity index (χ4n) is 2.42. The van der Waals surface area contributed by atoms with Crippen molar-refractivity contribution >= 4 is 39.3 Å². The zero-order chi connectivity index (χ0) is 14.3. The van der Waals surface area contributed by atoms with Crippen LogP contribution < -0.4 is 5.56 Å². The molecular weight excluding hydrogens is 296 g/mol. The van der Waals surface area contributed by atoms with E-state index in [2.05, 4.69) is 9.97 Å². The highest BCUT2D eigenvalue weighted by Gasteiger charge is 2.21. The van der Waals surface area contributed by atoms with Gasteiger partial charge in [0.15, 0.2) is 5.16 Å². The largest absolute Gasteiger partial charge is 0.480 e. The minimum atomic E-state index is -0.914. The van der Waals surface area contributed by atoms with E-state index in [1.165, 1.54) is 4.88 Å². The van der Waals surface area contributed by atoms with Crippen LogP contribution in [0.3, 0.4) is 0 Å². The highest BCUT2D eigenvalue weighted by Crippen LogP contribution is 2.34. The third-order valence-corrected chi connectivity index (χ3v) is 5.60. The van der Waals surface area contributed by atoms with Gasteiger partial charge in [0.1, 0.15) is 10.1 Å². The summed E-state index contributed by atoms with van der Waals surface area (Å²) in [4.78, 5) is 32.2. The van der Waals surface area contributed by atoms with Crippen LogP contribution in [-0.2, 0) is 17.6 Å². The van der Waals surface area contributed by atoms with Crippen LogP contribution in [0.25, 0.3) is 10.2 Å². The molecule has 1 atom stereocenters. The van der Waals surface area contributed by atoms with E-state index in [4.69, 9.17) is 5.11 Å². The summed E-state index contributed by atoms with van der Waals surface area (Å²) in [7, 11) is 0. The average Bonchev–Trinajstić information content (AvgIpc) is 2.76. The number of fused-ring (bicyclic) bond motifs is 3. The highest BCUT2D eigenvalue weighted by atomic mass is 32.2. The molecule has 0 saturated heterocycles. The summed E-state index contributed by atoms with van der Waals surface area (Å²) >= 11 is 2.64. The van der Waals surface area contributed by atoms with Gasteiger partial charge in [0, 0.05) is 4.88 Å². The van der Waals surface area contributed by atoms with Gasteiger partial charge in [-0.2, -0.15) is 0 Å². The minimum Gasteiger partial charge on any atom is -0.480 e. The number of carbonyl (C=O) groups is 1. The van der Waals surface area contributed by atoms with E-state index < -0.39 is 11.2 Å². The standard InChI is InChI=1S/C13H14N2O3S2/c1-6(12(17)18)19-13-14-10(16)9-7-4-2-3-5-8(7)20-11(9)15-13/h6H,2-5H2,1H3,(H,17,18)(H,14,15,16)/t6-/m0/s1. The lowest BCUT2D eigenvalue weighted by atomic mass is 9.97. The van der Waals surface area contributed by atoms with Crippen LogP contribution in [-0.4, -0.2) is 26.3 Å². The molecule has 0 saturated carbocycles. The number of thiophene rings is 1. The molecule has 3 rings (SSSR count). The monoisotopic (exact) mass is 310 g/mol. The molecule has 7 heteroatoms. The quantitative estimate of drug-likeness (QED) is 0.672. The molecular formula is C13H14N2O3S2. The first-order chi connectivity index (χ1) is 9.56. The molecule has 0 spiro atoms. The predicted octanol–water partition coefficient (Wildman–Crippen LogP) is 2.43. The van der Waals surface area contributed by atoms with Gasteiger partial charge < -0.3 is 10.1 Å². The van der Waals surface area contributed by atoms with Crippen molar-refractivity contribution in [2.75, 3.05) is 0 Å². The number of aromatic nitrogens is 2. The van der Waals surface area contributed by atoms with Crippen molar-refractivity contribution in [3.8, 4) is 0 Å². The molecule has 0 unspecified atom stereocenters. The summed E-state index contributed by atoms with van der Waals surface area (Å²) in [5.74, 6) is -0.914. The first kappa shape index (κ1) is 13.6. The van der Waals surface area contributed by atoms with Crippen LogP contribution in [0.5, 0.6) is 0 Å². The molecule has 106 valence electrons. The molecule has 5 nitrogen and oxygen atoms in total. The third kappa shape index (κ3) is 2.35. The van der Waals surface area contributed by atoms with Crippen molar-refractivity contribution in [1.29, 1.82) is 0 Å². The fourth-order valence-corrected chi connectivity index (χ4v) is 4.47. The zero-order valence-electron chi connectivity index (χ0n) is 10.9. The Kier molecular flexibility index (Phi) is 3.55. The van der Waals surface area contributed by atoms with Gasteiger partial charge >= 0.3 is 5.97 Å². The van der Waals surface area contributed by atoms with Crippen LogP contribution >= 0.6 is 23.1 Å². The lowest BCUT2D eigenvalue weighted by molar-refractivity contribution is -0.136. The highest BCUT2D eigenvalue weighted by molar-refractivity contribution is 8.00. The van der Waals surface area contributed by atoms with Gasteiger partial charge in [-0.3, -0.25) is 9.59 Å². The normalized spacial score (nSPS) is 16.1. The van der Waals surface area contributed by atoms with Gasteiger partial charge in [0.2, 0.25) is 0 Å². The Morgan fingerprint density at radius 3 is 2.95 bits per heavy atom. The van der Waals surface area contributed by atoms with Crippen molar-refractivity contribution in [1.82, 2.24) is 9.97 Å². The van der Waals surface area contributed by atoms with E-state index >= 15 is 0 Å². The summed E-state index contributed by atoms with van der Waals surface area (Å²) in [6.45, 7) is 1.58.